The van der Waals surface area contributed by atoms with Crippen LogP contribution in [0.2, 0.25) is 5.02 Å². The molecule has 0 atom stereocenters. The Hall–Kier alpha value is -2.73. The average Bonchev–Trinajstić information content (AvgIpc) is 2.69. The molecule has 0 amide bonds. The van der Waals surface area contributed by atoms with Crippen LogP contribution in [0, 0.1) is 6.92 Å². The van der Waals surface area contributed by atoms with E-state index in [1.54, 1.807) is 0 Å². The van der Waals surface area contributed by atoms with Crippen LogP contribution in [0.15, 0.2) is 48.7 Å². The molecule has 1 aromatic carbocycles. The first-order chi connectivity index (χ1) is 12.7. The molecule has 3 aromatic rings. The number of benzene rings is 1. The van der Waals surface area contributed by atoms with E-state index in [2.05, 4.69) is 30.0 Å². The van der Waals surface area contributed by atoms with Gasteiger partial charge in [-0.05, 0) is 37.3 Å². The fourth-order valence-electron chi connectivity index (χ4n) is 3.05. The zero-order valence-electron chi connectivity index (χ0n) is 14.5. The fraction of sp³-hybridized carbons (Fsp3) is 0.263. The summed E-state index contributed by atoms with van der Waals surface area (Å²) in [6.45, 7) is 5.49. The molecular formula is C19H19ClN6. The van der Waals surface area contributed by atoms with Crippen molar-refractivity contribution in [2.24, 2.45) is 0 Å². The van der Waals surface area contributed by atoms with Crippen molar-refractivity contribution in [3.05, 3.63) is 59.5 Å². The highest BCUT2D eigenvalue weighted by molar-refractivity contribution is 6.30. The van der Waals surface area contributed by atoms with Crippen LogP contribution in [0.25, 0.3) is 11.3 Å². The predicted molar refractivity (Wildman–Crippen MR) is 104 cm³/mol. The lowest BCUT2D eigenvalue weighted by atomic mass is 10.1. The molecule has 132 valence electrons. The van der Waals surface area contributed by atoms with Gasteiger partial charge in [0.05, 0.1) is 5.69 Å². The van der Waals surface area contributed by atoms with Crippen LogP contribution in [0.4, 0.5) is 11.6 Å². The number of piperazine rings is 1. The molecule has 0 unspecified atom stereocenters. The Kier molecular flexibility index (Phi) is 4.67. The van der Waals surface area contributed by atoms with Crippen LogP contribution in [-0.4, -0.2) is 46.3 Å². The average molecular weight is 367 g/mol. The molecule has 6 nitrogen and oxygen atoms in total. The van der Waals surface area contributed by atoms with E-state index in [4.69, 9.17) is 11.6 Å². The number of rotatable bonds is 3. The summed E-state index contributed by atoms with van der Waals surface area (Å²) < 4.78 is 0. The molecule has 1 aliphatic heterocycles. The van der Waals surface area contributed by atoms with Gasteiger partial charge in [0.25, 0.3) is 0 Å². The molecule has 1 aliphatic rings. The van der Waals surface area contributed by atoms with Crippen molar-refractivity contribution in [2.75, 3.05) is 36.0 Å². The molecular weight excluding hydrogens is 348 g/mol. The summed E-state index contributed by atoms with van der Waals surface area (Å²) in [6, 6.07) is 13.6. The first-order valence-electron chi connectivity index (χ1n) is 8.58. The number of aromatic nitrogens is 4. The van der Waals surface area contributed by atoms with Crippen LogP contribution in [0.1, 0.15) is 5.82 Å². The highest BCUT2D eigenvalue weighted by Gasteiger charge is 2.19. The lowest BCUT2D eigenvalue weighted by molar-refractivity contribution is 0.637. The topological polar surface area (TPSA) is 58.0 Å². The van der Waals surface area contributed by atoms with Gasteiger partial charge in [0.2, 0.25) is 0 Å². The molecule has 0 radical (unpaired) electrons. The summed E-state index contributed by atoms with van der Waals surface area (Å²) in [4.78, 5) is 13.2. The van der Waals surface area contributed by atoms with Crippen molar-refractivity contribution in [3.63, 3.8) is 0 Å². The molecule has 0 bridgehead atoms. The van der Waals surface area contributed by atoms with Crippen LogP contribution < -0.4 is 9.80 Å². The Morgan fingerprint density at radius 1 is 0.808 bits per heavy atom. The molecule has 0 saturated carbocycles. The van der Waals surface area contributed by atoms with Crippen LogP contribution >= 0.6 is 11.6 Å². The van der Waals surface area contributed by atoms with Crippen molar-refractivity contribution in [1.82, 2.24) is 20.2 Å². The Morgan fingerprint density at radius 2 is 1.50 bits per heavy atom. The molecule has 2 aromatic heterocycles. The third-order valence-electron chi connectivity index (χ3n) is 4.48. The van der Waals surface area contributed by atoms with E-state index < -0.39 is 0 Å². The van der Waals surface area contributed by atoms with Crippen molar-refractivity contribution in [2.45, 2.75) is 6.92 Å². The maximum absolute atomic E-state index is 5.94. The van der Waals surface area contributed by atoms with Gasteiger partial charge in [-0.25, -0.2) is 9.97 Å². The summed E-state index contributed by atoms with van der Waals surface area (Å²) in [5, 5.41) is 9.50. The Balaban J connectivity index is 1.42. The van der Waals surface area contributed by atoms with E-state index in [1.165, 1.54) is 0 Å². The van der Waals surface area contributed by atoms with Crippen molar-refractivity contribution in [3.8, 4) is 11.3 Å². The van der Waals surface area contributed by atoms with Gasteiger partial charge < -0.3 is 9.80 Å². The van der Waals surface area contributed by atoms with Crippen molar-refractivity contribution >= 4 is 23.2 Å². The maximum atomic E-state index is 5.94. The van der Waals surface area contributed by atoms with E-state index in [0.29, 0.717) is 0 Å². The largest absolute Gasteiger partial charge is 0.353 e. The molecule has 26 heavy (non-hydrogen) atoms. The van der Waals surface area contributed by atoms with Gasteiger partial charge in [-0.1, -0.05) is 23.7 Å². The number of anilines is 2. The standard InChI is InChI=1S/C19H19ClN6/c1-14-21-9-8-18(22-14)25-10-12-26(13-11-25)19-7-6-17(23-24-19)15-2-4-16(20)5-3-15/h2-9H,10-13H2,1H3. The SMILES string of the molecule is Cc1nccc(N2CCN(c3ccc(-c4ccc(Cl)cc4)nn3)CC2)n1. The highest BCUT2D eigenvalue weighted by Crippen LogP contribution is 2.22. The number of aryl methyl sites for hydroxylation is 1. The smallest absolute Gasteiger partial charge is 0.151 e. The lowest BCUT2D eigenvalue weighted by Gasteiger charge is -2.35. The zero-order chi connectivity index (χ0) is 17.9. The third-order valence-corrected chi connectivity index (χ3v) is 4.73. The predicted octanol–water partition coefficient (Wildman–Crippen LogP) is 3.22. The molecule has 0 N–H and O–H groups in total. The molecule has 3 heterocycles. The summed E-state index contributed by atoms with van der Waals surface area (Å²) in [7, 11) is 0. The normalized spacial score (nSPS) is 14.5. The lowest BCUT2D eigenvalue weighted by Crippen LogP contribution is -2.47. The second-order valence-corrected chi connectivity index (χ2v) is 6.66. The first-order valence-corrected chi connectivity index (χ1v) is 8.96. The summed E-state index contributed by atoms with van der Waals surface area (Å²) in [5.74, 6) is 2.69. The minimum absolute atomic E-state index is 0.718. The third kappa shape index (κ3) is 3.60. The van der Waals surface area contributed by atoms with Gasteiger partial charge in [0.1, 0.15) is 11.6 Å². The van der Waals surface area contributed by atoms with Gasteiger partial charge in [-0.15, -0.1) is 10.2 Å². The van der Waals surface area contributed by atoms with Gasteiger partial charge in [-0.3, -0.25) is 0 Å². The number of hydrogen-bond donors (Lipinski definition) is 0. The maximum Gasteiger partial charge on any atom is 0.151 e. The Morgan fingerprint density at radius 3 is 2.12 bits per heavy atom. The minimum Gasteiger partial charge on any atom is -0.353 e. The zero-order valence-corrected chi connectivity index (χ0v) is 15.3. The highest BCUT2D eigenvalue weighted by atomic mass is 35.5. The summed E-state index contributed by atoms with van der Waals surface area (Å²) in [5.41, 5.74) is 1.86. The van der Waals surface area contributed by atoms with Crippen LogP contribution in [0.3, 0.4) is 0 Å². The van der Waals surface area contributed by atoms with E-state index in [9.17, 15) is 0 Å². The number of halogens is 1. The number of nitrogens with zero attached hydrogens (tertiary/aromatic N) is 6. The fourth-order valence-corrected chi connectivity index (χ4v) is 3.18. The quantitative estimate of drug-likeness (QED) is 0.709. The Labute approximate surface area is 157 Å². The van der Waals surface area contributed by atoms with Crippen LogP contribution in [-0.2, 0) is 0 Å². The molecule has 1 fully saturated rings. The summed E-state index contributed by atoms with van der Waals surface area (Å²) >= 11 is 5.94. The second-order valence-electron chi connectivity index (χ2n) is 6.22. The Bertz CT molecular complexity index is 873. The van der Waals surface area contributed by atoms with E-state index in [1.807, 2.05) is 55.6 Å². The number of hydrogen-bond acceptors (Lipinski definition) is 6. The van der Waals surface area contributed by atoms with Gasteiger partial charge in [0, 0.05) is 43.0 Å². The first kappa shape index (κ1) is 16.7. The molecule has 1 saturated heterocycles. The van der Waals surface area contributed by atoms with Crippen LogP contribution in [0.5, 0.6) is 0 Å². The van der Waals surface area contributed by atoms with E-state index in [-0.39, 0.29) is 0 Å². The van der Waals surface area contributed by atoms with E-state index in [0.717, 1.165) is 59.9 Å². The molecule has 0 spiro atoms. The summed E-state index contributed by atoms with van der Waals surface area (Å²) in [6.07, 6.45) is 1.81. The van der Waals surface area contributed by atoms with Gasteiger partial charge in [-0.2, -0.15) is 0 Å². The molecule has 4 rings (SSSR count). The van der Waals surface area contributed by atoms with Crippen molar-refractivity contribution in [1.29, 1.82) is 0 Å². The molecule has 7 heteroatoms. The monoisotopic (exact) mass is 366 g/mol. The van der Waals surface area contributed by atoms with Gasteiger partial charge >= 0.3 is 0 Å². The second kappa shape index (κ2) is 7.25. The van der Waals surface area contributed by atoms with E-state index >= 15 is 0 Å². The van der Waals surface area contributed by atoms with Crippen molar-refractivity contribution < 1.29 is 0 Å². The minimum atomic E-state index is 0.718. The molecule has 0 aliphatic carbocycles. The van der Waals surface area contributed by atoms with Gasteiger partial charge in [0.15, 0.2) is 5.82 Å².